The maximum absolute atomic E-state index is 12.5. The molecule has 0 aliphatic rings. The van der Waals surface area contributed by atoms with Gasteiger partial charge in [-0.2, -0.15) is 13.2 Å². The molecule has 0 aliphatic heterocycles. The Labute approximate surface area is 121 Å². The van der Waals surface area contributed by atoms with Gasteiger partial charge < -0.3 is 10.5 Å². The Hall–Kier alpha value is -2.01. The summed E-state index contributed by atoms with van der Waals surface area (Å²) in [4.78, 5) is 0. The normalized spacial score (nSPS) is 13.0. The van der Waals surface area contributed by atoms with Crippen molar-refractivity contribution >= 4 is 0 Å². The molecule has 0 heterocycles. The first-order valence-corrected chi connectivity index (χ1v) is 6.40. The molecule has 0 bridgehead atoms. The van der Waals surface area contributed by atoms with Crippen LogP contribution in [0.4, 0.5) is 13.2 Å². The van der Waals surface area contributed by atoms with Crippen molar-refractivity contribution < 1.29 is 17.9 Å². The van der Waals surface area contributed by atoms with Crippen LogP contribution in [0.2, 0.25) is 0 Å². The Morgan fingerprint density at radius 3 is 2.05 bits per heavy atom. The lowest BCUT2D eigenvalue weighted by Gasteiger charge is -2.15. The summed E-state index contributed by atoms with van der Waals surface area (Å²) in [6, 6.07) is 9.93. The molecule has 112 valence electrons. The highest BCUT2D eigenvalue weighted by molar-refractivity contribution is 5.41. The molecule has 2 nitrogen and oxygen atoms in total. The van der Waals surface area contributed by atoms with Crippen molar-refractivity contribution in [3.63, 3.8) is 0 Å². The molecule has 0 amide bonds. The van der Waals surface area contributed by atoms with Gasteiger partial charge in [-0.1, -0.05) is 24.3 Å². The smallest absolute Gasteiger partial charge is 0.416 e. The van der Waals surface area contributed by atoms with Gasteiger partial charge in [0.25, 0.3) is 0 Å². The van der Waals surface area contributed by atoms with Gasteiger partial charge in [-0.15, -0.1) is 0 Å². The maximum Gasteiger partial charge on any atom is 0.416 e. The van der Waals surface area contributed by atoms with Crippen LogP contribution in [-0.4, -0.2) is 7.11 Å². The molecule has 0 radical (unpaired) electrons. The van der Waals surface area contributed by atoms with Gasteiger partial charge in [-0.05, 0) is 41.8 Å². The molecule has 2 rings (SSSR count). The number of halogens is 3. The molecule has 0 saturated carbocycles. The van der Waals surface area contributed by atoms with Gasteiger partial charge in [0.15, 0.2) is 0 Å². The zero-order valence-electron chi connectivity index (χ0n) is 11.7. The SMILES string of the molecule is COc1ccc(C(N)c2ccc(C(F)(F)F)cc2)cc1C. The third-order valence-electron chi connectivity index (χ3n) is 3.38. The highest BCUT2D eigenvalue weighted by Gasteiger charge is 2.30. The van der Waals surface area contributed by atoms with E-state index in [-0.39, 0.29) is 0 Å². The third-order valence-corrected chi connectivity index (χ3v) is 3.38. The van der Waals surface area contributed by atoms with Crippen molar-refractivity contribution in [3.8, 4) is 5.75 Å². The van der Waals surface area contributed by atoms with E-state index in [1.54, 1.807) is 13.2 Å². The van der Waals surface area contributed by atoms with Gasteiger partial charge in [0.2, 0.25) is 0 Å². The van der Waals surface area contributed by atoms with Gasteiger partial charge in [0.1, 0.15) is 5.75 Å². The standard InChI is InChI=1S/C16H16F3NO/c1-10-9-12(5-8-14(10)21-2)15(20)11-3-6-13(7-4-11)16(17,18)19/h3-9,15H,20H2,1-2H3. The zero-order chi connectivity index (χ0) is 15.6. The van der Waals surface area contributed by atoms with Gasteiger partial charge in [-0.3, -0.25) is 0 Å². The van der Waals surface area contributed by atoms with Gasteiger partial charge in [0.05, 0.1) is 18.7 Å². The lowest BCUT2D eigenvalue weighted by atomic mass is 9.97. The van der Waals surface area contributed by atoms with Crippen LogP contribution in [0, 0.1) is 6.92 Å². The lowest BCUT2D eigenvalue weighted by Crippen LogP contribution is -2.13. The zero-order valence-corrected chi connectivity index (χ0v) is 11.7. The summed E-state index contributed by atoms with van der Waals surface area (Å²) < 4.78 is 42.8. The highest BCUT2D eigenvalue weighted by atomic mass is 19.4. The molecule has 0 aliphatic carbocycles. The Balaban J connectivity index is 2.27. The number of alkyl halides is 3. The van der Waals surface area contributed by atoms with Gasteiger partial charge >= 0.3 is 6.18 Å². The topological polar surface area (TPSA) is 35.2 Å². The number of aryl methyl sites for hydroxylation is 1. The monoisotopic (exact) mass is 295 g/mol. The minimum Gasteiger partial charge on any atom is -0.496 e. The van der Waals surface area contributed by atoms with E-state index in [1.165, 1.54) is 12.1 Å². The van der Waals surface area contributed by atoms with Gasteiger partial charge in [-0.25, -0.2) is 0 Å². The number of methoxy groups -OCH3 is 1. The summed E-state index contributed by atoms with van der Waals surface area (Å²) in [5.74, 6) is 0.748. The van der Waals surface area contributed by atoms with Crippen LogP contribution in [0.15, 0.2) is 42.5 Å². The molecule has 2 aromatic carbocycles. The molecule has 0 aromatic heterocycles. The molecule has 0 fully saturated rings. The van der Waals surface area contributed by atoms with Crippen molar-refractivity contribution in [1.29, 1.82) is 0 Å². The van der Waals surface area contributed by atoms with Crippen molar-refractivity contribution in [1.82, 2.24) is 0 Å². The molecule has 21 heavy (non-hydrogen) atoms. The van der Waals surface area contributed by atoms with Crippen LogP contribution in [0.3, 0.4) is 0 Å². The van der Waals surface area contributed by atoms with Crippen molar-refractivity contribution in [2.75, 3.05) is 7.11 Å². The first-order valence-electron chi connectivity index (χ1n) is 6.40. The number of rotatable bonds is 3. The minimum absolute atomic E-state index is 0.475. The molecular weight excluding hydrogens is 279 g/mol. The van der Waals surface area contributed by atoms with Crippen LogP contribution in [0.1, 0.15) is 28.3 Å². The number of benzene rings is 2. The van der Waals surface area contributed by atoms with E-state index in [9.17, 15) is 13.2 Å². The first kappa shape index (κ1) is 15.4. The van der Waals surface area contributed by atoms with Crippen LogP contribution in [-0.2, 0) is 6.18 Å². The van der Waals surface area contributed by atoms with E-state index in [0.717, 1.165) is 29.0 Å². The fraction of sp³-hybridized carbons (Fsp3) is 0.250. The number of nitrogens with two attached hydrogens (primary N) is 1. The van der Waals surface area contributed by atoms with Crippen molar-refractivity contribution in [2.24, 2.45) is 5.73 Å². The summed E-state index contributed by atoms with van der Waals surface area (Å²) in [7, 11) is 1.58. The Morgan fingerprint density at radius 2 is 1.57 bits per heavy atom. The summed E-state index contributed by atoms with van der Waals surface area (Å²) in [5.41, 5.74) is 7.82. The summed E-state index contributed by atoms with van der Waals surface area (Å²) in [6.45, 7) is 1.89. The van der Waals surface area contributed by atoms with E-state index >= 15 is 0 Å². The van der Waals surface area contributed by atoms with E-state index in [0.29, 0.717) is 5.56 Å². The van der Waals surface area contributed by atoms with Gasteiger partial charge in [0, 0.05) is 0 Å². The van der Waals surface area contributed by atoms with Crippen molar-refractivity contribution in [2.45, 2.75) is 19.1 Å². The van der Waals surface area contributed by atoms with Crippen LogP contribution >= 0.6 is 0 Å². The number of hydrogen-bond donors (Lipinski definition) is 1. The van der Waals surface area contributed by atoms with E-state index < -0.39 is 17.8 Å². The molecule has 1 unspecified atom stereocenters. The van der Waals surface area contributed by atoms with E-state index in [2.05, 4.69) is 0 Å². The highest BCUT2D eigenvalue weighted by Crippen LogP contribution is 2.31. The number of hydrogen-bond acceptors (Lipinski definition) is 2. The fourth-order valence-corrected chi connectivity index (χ4v) is 2.17. The molecule has 2 N–H and O–H groups in total. The lowest BCUT2D eigenvalue weighted by molar-refractivity contribution is -0.137. The average Bonchev–Trinajstić information content (AvgIpc) is 2.45. The largest absolute Gasteiger partial charge is 0.496 e. The molecule has 5 heteroatoms. The molecule has 1 atom stereocenters. The summed E-state index contributed by atoms with van der Waals surface area (Å²) in [5, 5.41) is 0. The maximum atomic E-state index is 12.5. The Kier molecular flexibility index (Phi) is 4.23. The summed E-state index contributed by atoms with van der Waals surface area (Å²) >= 11 is 0. The first-order chi connectivity index (χ1) is 9.82. The van der Waals surface area contributed by atoms with Crippen LogP contribution < -0.4 is 10.5 Å². The molecular formula is C16H16F3NO. The predicted octanol–water partition coefficient (Wildman–Crippen LogP) is 4.07. The van der Waals surface area contributed by atoms with Crippen LogP contribution in [0.5, 0.6) is 5.75 Å². The predicted molar refractivity (Wildman–Crippen MR) is 75.2 cm³/mol. The summed E-state index contributed by atoms with van der Waals surface area (Å²) in [6.07, 6.45) is -4.33. The number of ether oxygens (including phenoxy) is 1. The second-order valence-corrected chi connectivity index (χ2v) is 4.83. The molecule has 0 spiro atoms. The minimum atomic E-state index is -4.33. The average molecular weight is 295 g/mol. The fourth-order valence-electron chi connectivity index (χ4n) is 2.17. The second kappa shape index (κ2) is 5.77. The van der Waals surface area contributed by atoms with E-state index in [1.807, 2.05) is 19.1 Å². The molecule has 2 aromatic rings. The Morgan fingerprint density at radius 1 is 1.00 bits per heavy atom. The quantitative estimate of drug-likeness (QED) is 0.926. The third kappa shape index (κ3) is 3.36. The van der Waals surface area contributed by atoms with E-state index in [4.69, 9.17) is 10.5 Å². The second-order valence-electron chi connectivity index (χ2n) is 4.83. The van der Waals surface area contributed by atoms with Crippen LogP contribution in [0.25, 0.3) is 0 Å². The van der Waals surface area contributed by atoms with Crippen molar-refractivity contribution in [3.05, 3.63) is 64.7 Å². The Bertz CT molecular complexity index is 620. The molecule has 0 saturated heterocycles.